The third kappa shape index (κ3) is 2.50. The first-order valence-electron chi connectivity index (χ1n) is 5.67. The van der Waals surface area contributed by atoms with Crippen LogP contribution in [0.1, 0.15) is 25.7 Å². The van der Waals surface area contributed by atoms with E-state index in [1.54, 1.807) is 11.8 Å². The van der Waals surface area contributed by atoms with Crippen LogP contribution in [0.5, 0.6) is 0 Å². The van der Waals surface area contributed by atoms with E-state index in [2.05, 4.69) is 10.6 Å². The first kappa shape index (κ1) is 12.5. The topological polar surface area (TPSA) is 98.7 Å². The molecule has 3 atom stereocenters. The first-order valence-corrected chi connectivity index (χ1v) is 6.71. The summed E-state index contributed by atoms with van der Waals surface area (Å²) in [6.45, 7) is 0. The van der Waals surface area contributed by atoms with Gasteiger partial charge in [0.05, 0.1) is 11.3 Å². The van der Waals surface area contributed by atoms with Crippen LogP contribution in [-0.4, -0.2) is 45.0 Å². The number of nitrogens with one attached hydrogen (secondary N) is 2. The fourth-order valence-corrected chi connectivity index (χ4v) is 3.87. The Kier molecular flexibility index (Phi) is 3.48. The zero-order valence-corrected chi connectivity index (χ0v) is 10.1. The quantitative estimate of drug-likeness (QED) is 0.415. The number of unbranched alkanes of at least 4 members (excludes halogenated alkanes) is 1. The van der Waals surface area contributed by atoms with Gasteiger partial charge >= 0.3 is 12.0 Å². The highest BCUT2D eigenvalue weighted by Crippen LogP contribution is 2.39. The Morgan fingerprint density at radius 2 is 2.29 bits per heavy atom. The summed E-state index contributed by atoms with van der Waals surface area (Å²) in [7, 11) is 0. The zero-order valence-electron chi connectivity index (χ0n) is 9.31. The summed E-state index contributed by atoms with van der Waals surface area (Å²) in [4.78, 5) is 21.5. The molecule has 2 amide bonds. The van der Waals surface area contributed by atoms with E-state index in [1.807, 2.05) is 0 Å². The number of rotatable bonds is 5. The molecule has 0 aromatic heterocycles. The van der Waals surface area contributed by atoms with Crippen LogP contribution in [0.15, 0.2) is 0 Å². The standard InChI is InChI=1S/C10H16N2O4S/c13-8(14)4-2-1-3-7-10(16)6(5-17-7)11-9(15)12-10/h6-7,16H,1-5H2,(H,13,14)(H2,11,12,15). The molecule has 7 heteroatoms. The summed E-state index contributed by atoms with van der Waals surface area (Å²) in [5.41, 5.74) is -1.16. The Hall–Kier alpha value is -0.950. The van der Waals surface area contributed by atoms with Crippen LogP contribution >= 0.6 is 11.8 Å². The van der Waals surface area contributed by atoms with Crippen LogP contribution in [0, 0.1) is 0 Å². The molecule has 0 radical (unpaired) electrons. The van der Waals surface area contributed by atoms with E-state index in [-0.39, 0.29) is 23.7 Å². The number of aliphatic hydroxyl groups is 1. The minimum Gasteiger partial charge on any atom is -0.481 e. The Morgan fingerprint density at radius 3 is 3.00 bits per heavy atom. The Bertz CT molecular complexity index is 338. The highest BCUT2D eigenvalue weighted by Gasteiger charge is 2.55. The van der Waals surface area contributed by atoms with Crippen LogP contribution in [0.2, 0.25) is 0 Å². The van der Waals surface area contributed by atoms with Gasteiger partial charge in [0.1, 0.15) is 0 Å². The lowest BCUT2D eigenvalue weighted by atomic mass is 9.99. The molecule has 2 aliphatic heterocycles. The summed E-state index contributed by atoms with van der Waals surface area (Å²) in [6.07, 6.45) is 2.22. The Balaban J connectivity index is 1.82. The van der Waals surface area contributed by atoms with Gasteiger partial charge in [0.15, 0.2) is 5.72 Å². The molecule has 2 saturated heterocycles. The van der Waals surface area contributed by atoms with Gasteiger partial charge in [-0.05, 0) is 12.8 Å². The van der Waals surface area contributed by atoms with Gasteiger partial charge in [0.2, 0.25) is 0 Å². The molecule has 96 valence electrons. The van der Waals surface area contributed by atoms with Gasteiger partial charge < -0.3 is 20.8 Å². The van der Waals surface area contributed by atoms with Crippen molar-refractivity contribution < 1.29 is 19.8 Å². The predicted molar refractivity (Wildman–Crippen MR) is 62.8 cm³/mol. The number of carbonyl (C=O) groups excluding carboxylic acids is 1. The van der Waals surface area contributed by atoms with Gasteiger partial charge in [-0.15, -0.1) is 0 Å². The summed E-state index contributed by atoms with van der Waals surface area (Å²) >= 11 is 1.62. The molecule has 2 rings (SSSR count). The van der Waals surface area contributed by atoms with Gasteiger partial charge in [-0.3, -0.25) is 4.79 Å². The second-order valence-corrected chi connectivity index (χ2v) is 5.67. The van der Waals surface area contributed by atoms with Gasteiger partial charge in [0, 0.05) is 12.2 Å². The average Bonchev–Trinajstić information content (AvgIpc) is 2.66. The van der Waals surface area contributed by atoms with Gasteiger partial charge in [-0.2, -0.15) is 11.8 Å². The van der Waals surface area contributed by atoms with Gasteiger partial charge in [-0.1, -0.05) is 6.42 Å². The summed E-state index contributed by atoms with van der Waals surface area (Å²) in [5.74, 6) is -0.102. The zero-order chi connectivity index (χ0) is 12.5. The van der Waals surface area contributed by atoms with Crippen molar-refractivity contribution in [2.45, 2.75) is 42.7 Å². The lowest BCUT2D eigenvalue weighted by molar-refractivity contribution is -0.137. The fraction of sp³-hybridized carbons (Fsp3) is 0.800. The van der Waals surface area contributed by atoms with E-state index in [0.717, 1.165) is 6.42 Å². The Morgan fingerprint density at radius 1 is 1.53 bits per heavy atom. The molecule has 3 unspecified atom stereocenters. The number of carboxylic acid groups (broad SMARTS) is 1. The second-order valence-electron chi connectivity index (χ2n) is 4.44. The number of hydrogen-bond acceptors (Lipinski definition) is 4. The highest BCUT2D eigenvalue weighted by atomic mass is 32.2. The van der Waals surface area contributed by atoms with Crippen LogP contribution in [0.4, 0.5) is 4.79 Å². The number of hydrogen-bond donors (Lipinski definition) is 4. The molecule has 2 aliphatic rings. The summed E-state index contributed by atoms with van der Waals surface area (Å²) in [5, 5.41) is 24.0. The molecule has 4 N–H and O–H groups in total. The van der Waals surface area contributed by atoms with Crippen molar-refractivity contribution in [2.75, 3.05) is 5.75 Å². The minimum absolute atomic E-state index is 0.0553. The monoisotopic (exact) mass is 260 g/mol. The van der Waals surface area contributed by atoms with Crippen molar-refractivity contribution in [3.63, 3.8) is 0 Å². The SMILES string of the molecule is O=C(O)CCCCC1SCC2NC(=O)NC21O. The van der Waals surface area contributed by atoms with Crippen LogP contribution in [-0.2, 0) is 4.79 Å². The molecule has 2 heterocycles. The van der Waals surface area contributed by atoms with Gasteiger partial charge in [-0.25, -0.2) is 4.79 Å². The highest BCUT2D eigenvalue weighted by molar-refractivity contribution is 8.00. The van der Waals surface area contributed by atoms with Crippen LogP contribution < -0.4 is 10.6 Å². The number of thioether (sulfide) groups is 1. The van der Waals surface area contributed by atoms with E-state index in [0.29, 0.717) is 18.6 Å². The number of aliphatic carboxylic acids is 1. The van der Waals surface area contributed by atoms with Crippen LogP contribution in [0.25, 0.3) is 0 Å². The van der Waals surface area contributed by atoms with E-state index >= 15 is 0 Å². The maximum atomic E-state index is 11.2. The third-order valence-corrected chi connectivity index (χ3v) is 4.74. The number of amides is 2. The molecule has 6 nitrogen and oxygen atoms in total. The number of carbonyl (C=O) groups is 2. The van der Waals surface area contributed by atoms with Crippen molar-refractivity contribution >= 4 is 23.8 Å². The number of fused-ring (bicyclic) bond motifs is 1. The molecule has 0 aliphatic carbocycles. The molecule has 2 fully saturated rings. The van der Waals surface area contributed by atoms with Crippen LogP contribution in [0.3, 0.4) is 0 Å². The van der Waals surface area contributed by atoms with E-state index in [4.69, 9.17) is 5.11 Å². The maximum absolute atomic E-state index is 11.2. The lowest BCUT2D eigenvalue weighted by Crippen LogP contribution is -2.53. The summed E-state index contributed by atoms with van der Waals surface area (Å²) in [6, 6.07) is -0.558. The van der Waals surface area contributed by atoms with E-state index in [1.165, 1.54) is 0 Å². The van der Waals surface area contributed by atoms with Crippen molar-refractivity contribution in [1.29, 1.82) is 0 Å². The molecular formula is C10H16N2O4S. The summed E-state index contributed by atoms with van der Waals surface area (Å²) < 4.78 is 0. The van der Waals surface area contributed by atoms with Crippen molar-refractivity contribution in [3.05, 3.63) is 0 Å². The van der Waals surface area contributed by atoms with Crippen molar-refractivity contribution in [1.82, 2.24) is 10.6 Å². The predicted octanol–water partition coefficient (Wildman–Crippen LogP) is 0.117. The largest absolute Gasteiger partial charge is 0.481 e. The molecule has 0 aromatic carbocycles. The molecular weight excluding hydrogens is 244 g/mol. The molecule has 0 bridgehead atoms. The normalized spacial score (nSPS) is 35.2. The van der Waals surface area contributed by atoms with Crippen molar-refractivity contribution in [3.8, 4) is 0 Å². The number of carboxylic acids is 1. The Labute approximate surface area is 103 Å². The molecule has 0 aromatic rings. The smallest absolute Gasteiger partial charge is 0.317 e. The molecule has 0 spiro atoms. The molecule has 0 saturated carbocycles. The van der Waals surface area contributed by atoms with E-state index < -0.39 is 11.7 Å². The maximum Gasteiger partial charge on any atom is 0.317 e. The van der Waals surface area contributed by atoms with Gasteiger partial charge in [0.25, 0.3) is 0 Å². The second kappa shape index (κ2) is 4.73. The van der Waals surface area contributed by atoms with E-state index in [9.17, 15) is 14.7 Å². The average molecular weight is 260 g/mol. The van der Waals surface area contributed by atoms with Crippen molar-refractivity contribution in [2.24, 2.45) is 0 Å². The molecule has 17 heavy (non-hydrogen) atoms. The minimum atomic E-state index is -1.16. The number of urea groups is 1. The first-order chi connectivity index (χ1) is 8.02. The lowest BCUT2D eigenvalue weighted by Gasteiger charge is -2.27. The fourth-order valence-electron chi connectivity index (χ4n) is 2.30. The third-order valence-electron chi connectivity index (χ3n) is 3.21.